The van der Waals surface area contributed by atoms with Crippen LogP contribution >= 0.6 is 11.8 Å². The van der Waals surface area contributed by atoms with E-state index in [-0.39, 0.29) is 17.1 Å². The van der Waals surface area contributed by atoms with E-state index in [0.717, 1.165) is 29.4 Å². The van der Waals surface area contributed by atoms with Crippen LogP contribution in [0.4, 0.5) is 17.1 Å². The van der Waals surface area contributed by atoms with E-state index < -0.39 is 0 Å². The van der Waals surface area contributed by atoms with Gasteiger partial charge in [-0.15, -0.1) is 11.8 Å². The quantitative estimate of drug-likeness (QED) is 0.829. The number of carbonyl (C=O) groups is 2. The summed E-state index contributed by atoms with van der Waals surface area (Å²) in [5.74, 6) is -0.194. The number of thioether (sulfide) groups is 1. The van der Waals surface area contributed by atoms with Crippen molar-refractivity contribution in [3.8, 4) is 0 Å². The van der Waals surface area contributed by atoms with Crippen molar-refractivity contribution in [2.24, 2.45) is 0 Å². The first kappa shape index (κ1) is 17.9. The first-order valence-corrected chi connectivity index (χ1v) is 10.3. The number of rotatable bonds is 3. The summed E-state index contributed by atoms with van der Waals surface area (Å²) >= 11 is 1.52. The van der Waals surface area contributed by atoms with Crippen LogP contribution in [0.1, 0.15) is 36.5 Å². The Kier molecular flexibility index (Phi) is 5.07. The summed E-state index contributed by atoms with van der Waals surface area (Å²) in [4.78, 5) is 28.1. The molecular formula is C21H23N3O2S. The van der Waals surface area contributed by atoms with E-state index in [1.807, 2.05) is 37.3 Å². The number of fused-ring (bicyclic) bond motifs is 1. The van der Waals surface area contributed by atoms with Gasteiger partial charge in [-0.1, -0.05) is 12.1 Å². The van der Waals surface area contributed by atoms with E-state index in [1.54, 1.807) is 6.07 Å². The lowest BCUT2D eigenvalue weighted by Crippen LogP contribution is -2.30. The molecule has 2 heterocycles. The second-order valence-electron chi connectivity index (χ2n) is 6.98. The first-order chi connectivity index (χ1) is 13.1. The van der Waals surface area contributed by atoms with Gasteiger partial charge in [0.1, 0.15) is 0 Å². The summed E-state index contributed by atoms with van der Waals surface area (Å²) < 4.78 is 0. The van der Waals surface area contributed by atoms with Crippen LogP contribution in [0, 0.1) is 0 Å². The Morgan fingerprint density at radius 1 is 1.15 bits per heavy atom. The van der Waals surface area contributed by atoms with Crippen molar-refractivity contribution < 1.29 is 9.59 Å². The Labute approximate surface area is 163 Å². The number of nitrogens with zero attached hydrogens (tertiary/aromatic N) is 1. The van der Waals surface area contributed by atoms with E-state index in [1.165, 1.54) is 31.0 Å². The number of amides is 2. The van der Waals surface area contributed by atoms with Gasteiger partial charge < -0.3 is 15.5 Å². The van der Waals surface area contributed by atoms with Gasteiger partial charge in [0.05, 0.1) is 22.3 Å². The smallest absolute Gasteiger partial charge is 0.255 e. The number of nitrogens with one attached hydrogen (secondary N) is 2. The molecule has 0 spiro atoms. The number of benzene rings is 2. The predicted molar refractivity (Wildman–Crippen MR) is 111 cm³/mol. The lowest BCUT2D eigenvalue weighted by Gasteiger charge is -2.30. The number of anilines is 3. The highest BCUT2D eigenvalue weighted by atomic mass is 32.2. The van der Waals surface area contributed by atoms with Crippen molar-refractivity contribution in [2.75, 3.05) is 28.6 Å². The maximum Gasteiger partial charge on any atom is 0.255 e. The minimum atomic E-state index is -0.167. The number of para-hydroxylation sites is 2. The zero-order valence-corrected chi connectivity index (χ0v) is 16.1. The third-order valence-electron chi connectivity index (χ3n) is 5.02. The standard InChI is InChI=1S/C21H23N3O2S/c1-14-20(25)23-17-13-15(9-10-19(17)27-14)21(26)22-16-7-3-4-8-18(16)24-11-5-2-6-12-24/h3-4,7-10,13-14H,2,5-6,11-12H2,1H3,(H,22,26)(H,23,25). The molecule has 2 amide bonds. The Morgan fingerprint density at radius 2 is 1.93 bits per heavy atom. The molecule has 1 fully saturated rings. The van der Waals surface area contributed by atoms with E-state index in [0.29, 0.717) is 11.3 Å². The van der Waals surface area contributed by atoms with Crippen LogP contribution in [0.5, 0.6) is 0 Å². The molecule has 2 N–H and O–H groups in total. The van der Waals surface area contributed by atoms with Gasteiger partial charge in [-0.3, -0.25) is 9.59 Å². The average Bonchev–Trinajstić information content (AvgIpc) is 2.69. The molecule has 2 aromatic rings. The molecule has 6 heteroatoms. The second kappa shape index (κ2) is 7.64. The van der Waals surface area contributed by atoms with Gasteiger partial charge in [-0.05, 0) is 56.5 Å². The van der Waals surface area contributed by atoms with E-state index in [4.69, 9.17) is 0 Å². The number of hydrogen-bond donors (Lipinski definition) is 2. The van der Waals surface area contributed by atoms with Gasteiger partial charge in [-0.25, -0.2) is 0 Å². The Balaban J connectivity index is 1.55. The Morgan fingerprint density at radius 3 is 2.74 bits per heavy atom. The summed E-state index contributed by atoms with van der Waals surface area (Å²) in [6.07, 6.45) is 3.63. The summed E-state index contributed by atoms with van der Waals surface area (Å²) in [6, 6.07) is 13.4. The molecule has 1 saturated heterocycles. The number of piperidine rings is 1. The highest BCUT2D eigenvalue weighted by Gasteiger charge is 2.24. The fourth-order valence-electron chi connectivity index (χ4n) is 3.53. The van der Waals surface area contributed by atoms with Gasteiger partial charge in [0.15, 0.2) is 0 Å². The maximum absolute atomic E-state index is 12.8. The molecule has 1 atom stereocenters. The fourth-order valence-corrected chi connectivity index (χ4v) is 4.46. The van der Waals surface area contributed by atoms with Crippen LogP contribution in [-0.2, 0) is 4.79 Å². The molecule has 4 rings (SSSR count). The molecule has 2 aromatic carbocycles. The van der Waals surface area contributed by atoms with Crippen LogP contribution < -0.4 is 15.5 Å². The van der Waals surface area contributed by atoms with Crippen molar-refractivity contribution in [3.63, 3.8) is 0 Å². The van der Waals surface area contributed by atoms with E-state index in [9.17, 15) is 9.59 Å². The molecule has 0 bridgehead atoms. The monoisotopic (exact) mass is 381 g/mol. The Hall–Kier alpha value is -2.47. The van der Waals surface area contributed by atoms with Crippen LogP contribution in [0.3, 0.4) is 0 Å². The van der Waals surface area contributed by atoms with Gasteiger partial charge in [0.2, 0.25) is 5.91 Å². The van der Waals surface area contributed by atoms with Crippen molar-refractivity contribution in [1.82, 2.24) is 0 Å². The third-order valence-corrected chi connectivity index (χ3v) is 6.20. The van der Waals surface area contributed by atoms with Crippen LogP contribution in [-0.4, -0.2) is 30.2 Å². The molecule has 2 aliphatic rings. The SMILES string of the molecule is CC1Sc2ccc(C(=O)Nc3ccccc3N3CCCCC3)cc2NC1=O. The topological polar surface area (TPSA) is 61.4 Å². The lowest BCUT2D eigenvalue weighted by atomic mass is 10.1. The number of hydrogen-bond acceptors (Lipinski definition) is 4. The maximum atomic E-state index is 12.8. The molecule has 1 unspecified atom stereocenters. The minimum absolute atomic E-state index is 0.0273. The number of carbonyl (C=O) groups excluding carboxylic acids is 2. The minimum Gasteiger partial charge on any atom is -0.370 e. The van der Waals surface area contributed by atoms with Gasteiger partial charge >= 0.3 is 0 Å². The molecular weight excluding hydrogens is 358 g/mol. The third kappa shape index (κ3) is 3.81. The molecule has 5 nitrogen and oxygen atoms in total. The van der Waals surface area contributed by atoms with Crippen molar-refractivity contribution in [3.05, 3.63) is 48.0 Å². The zero-order chi connectivity index (χ0) is 18.8. The fraction of sp³-hybridized carbons (Fsp3) is 0.333. The van der Waals surface area contributed by atoms with Crippen molar-refractivity contribution in [2.45, 2.75) is 36.3 Å². The summed E-state index contributed by atoms with van der Waals surface area (Å²) in [7, 11) is 0. The van der Waals surface area contributed by atoms with Crippen LogP contribution in [0.15, 0.2) is 47.4 Å². The highest BCUT2D eigenvalue weighted by molar-refractivity contribution is 8.00. The molecule has 2 aliphatic heterocycles. The van der Waals surface area contributed by atoms with Crippen molar-refractivity contribution >= 4 is 40.6 Å². The first-order valence-electron chi connectivity index (χ1n) is 9.39. The van der Waals surface area contributed by atoms with E-state index >= 15 is 0 Å². The molecule has 0 saturated carbocycles. The van der Waals surface area contributed by atoms with Gasteiger partial charge in [-0.2, -0.15) is 0 Å². The molecule has 0 aromatic heterocycles. The molecule has 0 radical (unpaired) electrons. The average molecular weight is 382 g/mol. The Bertz CT molecular complexity index is 877. The highest BCUT2D eigenvalue weighted by Crippen LogP contribution is 2.36. The normalized spacial score (nSPS) is 19.2. The van der Waals surface area contributed by atoms with Crippen LogP contribution in [0.25, 0.3) is 0 Å². The predicted octanol–water partition coefficient (Wildman–Crippen LogP) is 4.36. The van der Waals surface area contributed by atoms with Crippen LogP contribution in [0.2, 0.25) is 0 Å². The molecule has 0 aliphatic carbocycles. The molecule has 27 heavy (non-hydrogen) atoms. The van der Waals surface area contributed by atoms with Gasteiger partial charge in [0, 0.05) is 23.5 Å². The van der Waals surface area contributed by atoms with Gasteiger partial charge in [0.25, 0.3) is 5.91 Å². The second-order valence-corrected chi connectivity index (χ2v) is 8.36. The summed E-state index contributed by atoms with van der Waals surface area (Å²) in [6.45, 7) is 3.92. The lowest BCUT2D eigenvalue weighted by molar-refractivity contribution is -0.115. The summed E-state index contributed by atoms with van der Waals surface area (Å²) in [5, 5.41) is 5.82. The van der Waals surface area contributed by atoms with Crippen molar-refractivity contribution in [1.29, 1.82) is 0 Å². The summed E-state index contributed by atoms with van der Waals surface area (Å²) in [5.41, 5.74) is 3.15. The largest absolute Gasteiger partial charge is 0.370 e. The zero-order valence-electron chi connectivity index (χ0n) is 15.3. The van der Waals surface area contributed by atoms with E-state index in [2.05, 4.69) is 21.6 Å². The molecule has 140 valence electrons.